The molecule has 0 bridgehead atoms. The number of nitrogens with zero attached hydrogens (tertiary/aromatic N) is 1. The molecule has 0 radical (unpaired) electrons. The van der Waals surface area contributed by atoms with Crippen LogP contribution in [0.25, 0.3) is 0 Å². The maximum Gasteiger partial charge on any atom is 0.334 e. The van der Waals surface area contributed by atoms with Crippen LogP contribution in [0.5, 0.6) is 11.5 Å². The van der Waals surface area contributed by atoms with Crippen LogP contribution in [0, 0.1) is 50.9 Å². The van der Waals surface area contributed by atoms with Crippen LogP contribution in [0.3, 0.4) is 0 Å². The highest BCUT2D eigenvalue weighted by atomic mass is 28.4. The Morgan fingerprint density at radius 1 is 0.708 bits per heavy atom. The molecule has 0 spiro atoms. The highest BCUT2D eigenvalue weighted by Crippen LogP contribution is 2.45. The van der Waals surface area contributed by atoms with Crippen molar-refractivity contribution >= 4 is 8.56 Å². The third kappa shape index (κ3) is 26.5. The first-order valence-corrected chi connectivity index (χ1v) is 30.5. The molecule has 1 aromatic rings. The fourth-order valence-electron chi connectivity index (χ4n) is 9.83. The second kappa shape index (κ2) is 34.5. The number of ether oxygens (including phenoxy) is 2. The minimum atomic E-state index is -2.45. The molecule has 0 amide bonds. The van der Waals surface area contributed by atoms with Gasteiger partial charge in [-0.25, -0.2) is 0 Å². The maximum atomic E-state index is 7.05. The molecule has 0 aromatic heterocycles. The Kier molecular flexibility index (Phi) is 31.5. The summed E-state index contributed by atoms with van der Waals surface area (Å²) in [6, 6.07) is 0. The molecule has 2 rings (SSSR count). The smallest absolute Gasteiger partial charge is 0.334 e. The van der Waals surface area contributed by atoms with Gasteiger partial charge in [-0.05, 0) is 159 Å². The summed E-state index contributed by atoms with van der Waals surface area (Å²) < 4.78 is 27.6. The van der Waals surface area contributed by atoms with Crippen LogP contribution < -0.4 is 9.47 Å². The summed E-state index contributed by atoms with van der Waals surface area (Å²) in [7, 11) is -0.352. The highest BCUT2D eigenvalue weighted by molar-refractivity contribution is 6.64. The average molecular weight is 923 g/mol. The molecule has 4 unspecified atom stereocenters. The maximum absolute atomic E-state index is 7.05. The molecule has 0 aliphatic carbocycles. The van der Waals surface area contributed by atoms with Gasteiger partial charge in [-0.3, -0.25) is 4.90 Å². The molecule has 1 heterocycles. The lowest BCUT2D eigenvalue weighted by Gasteiger charge is -2.39. The first kappa shape index (κ1) is 59.3. The molecule has 1 aromatic carbocycles. The summed E-state index contributed by atoms with van der Waals surface area (Å²) in [6.07, 6.45) is 46.3. The van der Waals surface area contributed by atoms with Gasteiger partial charge >= 0.3 is 8.56 Å². The monoisotopic (exact) mass is 922 g/mol. The minimum absolute atomic E-state index is 0.121. The molecule has 0 fully saturated rings. The van der Waals surface area contributed by atoms with E-state index < -0.39 is 8.56 Å². The number of rotatable bonds is 40. The van der Waals surface area contributed by atoms with Crippen molar-refractivity contribution in [1.29, 1.82) is 0 Å². The van der Waals surface area contributed by atoms with Crippen molar-refractivity contribution < 1.29 is 18.3 Å². The quantitative estimate of drug-likeness (QED) is 0.0216. The van der Waals surface area contributed by atoms with Crippen LogP contribution in [-0.4, -0.2) is 52.1 Å². The van der Waals surface area contributed by atoms with Crippen molar-refractivity contribution in [2.24, 2.45) is 17.8 Å². The van der Waals surface area contributed by atoms with Crippen molar-refractivity contribution in [3.8, 4) is 23.8 Å². The predicted octanol–water partition coefficient (Wildman–Crippen LogP) is 17.7. The van der Waals surface area contributed by atoms with Crippen LogP contribution in [-0.2, 0) is 15.3 Å². The van der Waals surface area contributed by atoms with E-state index in [1.54, 1.807) is 0 Å². The average Bonchev–Trinajstić information content (AvgIpc) is 3.25. The van der Waals surface area contributed by atoms with Gasteiger partial charge in [-0.2, -0.15) is 0 Å². The van der Waals surface area contributed by atoms with Gasteiger partial charge in [0.2, 0.25) is 0 Å². The zero-order chi connectivity index (χ0) is 47.9. The number of benzene rings is 1. The number of hydrogen-bond donors (Lipinski definition) is 0. The zero-order valence-corrected chi connectivity index (χ0v) is 46.2. The number of hydrogen-bond acceptors (Lipinski definition) is 5. The summed E-state index contributed by atoms with van der Waals surface area (Å²) >= 11 is 0. The summed E-state index contributed by atoms with van der Waals surface area (Å²) in [5, 5.41) is 0. The van der Waals surface area contributed by atoms with Gasteiger partial charge in [0.1, 0.15) is 17.1 Å². The summed E-state index contributed by atoms with van der Waals surface area (Å²) in [4.78, 5) is 2.22. The third-order valence-electron chi connectivity index (χ3n) is 14.4. The molecule has 5 nitrogen and oxygen atoms in total. The first-order chi connectivity index (χ1) is 31.1. The lowest BCUT2D eigenvalue weighted by molar-refractivity contribution is -0.0317. The Bertz CT molecular complexity index is 1450. The molecule has 0 N–H and O–H groups in total. The van der Waals surface area contributed by atoms with Crippen molar-refractivity contribution in [3.05, 3.63) is 34.4 Å². The fourth-order valence-corrected chi connectivity index (χ4v) is 11.3. The Morgan fingerprint density at radius 2 is 1.28 bits per heavy atom. The van der Waals surface area contributed by atoms with Crippen molar-refractivity contribution in [2.45, 2.75) is 274 Å². The van der Waals surface area contributed by atoms with E-state index in [2.05, 4.69) is 105 Å². The SMILES string of the molecule is C#CCN(C)CCCCCCO[Si](C)(C)OC(CCCCCCC/C=C\CCCCCCCC)Oc1c(C)c(C)c2c(c1C)CCC(C)(CCCC(C)CCCC(C)CCCC(C)C)O2. The minimum Gasteiger partial charge on any atom is -0.487 e. The summed E-state index contributed by atoms with van der Waals surface area (Å²) in [6.45, 7) is 27.9. The highest BCUT2D eigenvalue weighted by Gasteiger charge is 2.36. The molecule has 376 valence electrons. The van der Waals surface area contributed by atoms with E-state index in [0.717, 1.165) is 93.9 Å². The number of unbranched alkanes of at least 4 members (excludes halogenated alkanes) is 14. The summed E-state index contributed by atoms with van der Waals surface area (Å²) in [5.41, 5.74) is 4.84. The third-order valence-corrected chi connectivity index (χ3v) is 16.2. The van der Waals surface area contributed by atoms with Crippen molar-refractivity contribution in [2.75, 3.05) is 26.7 Å². The largest absolute Gasteiger partial charge is 0.487 e. The summed E-state index contributed by atoms with van der Waals surface area (Å²) in [5.74, 6) is 7.32. The lowest BCUT2D eigenvalue weighted by atomic mass is 9.83. The molecule has 0 saturated carbocycles. The fraction of sp³-hybridized carbons (Fsp3) is 0.831. The number of fused-ring (bicyclic) bond motifs is 1. The van der Waals surface area contributed by atoms with Crippen LogP contribution in [0.1, 0.15) is 244 Å². The molecule has 1 aliphatic heterocycles. The second-order valence-corrected chi connectivity index (χ2v) is 25.4. The van der Waals surface area contributed by atoms with Crippen LogP contribution in [0.4, 0.5) is 0 Å². The van der Waals surface area contributed by atoms with Gasteiger partial charge in [0.05, 0.1) is 6.54 Å². The Balaban J connectivity index is 1.98. The zero-order valence-electron chi connectivity index (χ0n) is 45.2. The first-order valence-electron chi connectivity index (χ1n) is 27.7. The Labute approximate surface area is 406 Å². The van der Waals surface area contributed by atoms with E-state index in [1.165, 1.54) is 164 Å². The molecule has 4 atom stereocenters. The van der Waals surface area contributed by atoms with Crippen molar-refractivity contribution in [3.63, 3.8) is 0 Å². The van der Waals surface area contributed by atoms with E-state index >= 15 is 0 Å². The molecule has 0 saturated heterocycles. The lowest BCUT2D eigenvalue weighted by Crippen LogP contribution is -2.41. The predicted molar refractivity (Wildman–Crippen MR) is 286 cm³/mol. The number of terminal acetylenes is 1. The van der Waals surface area contributed by atoms with E-state index in [-0.39, 0.29) is 11.9 Å². The van der Waals surface area contributed by atoms with Gasteiger partial charge in [-0.15, -0.1) is 6.42 Å². The molecule has 65 heavy (non-hydrogen) atoms. The molecule has 1 aliphatic rings. The van der Waals surface area contributed by atoms with Crippen molar-refractivity contribution in [1.82, 2.24) is 4.90 Å². The van der Waals surface area contributed by atoms with Gasteiger partial charge in [-0.1, -0.05) is 162 Å². The van der Waals surface area contributed by atoms with Gasteiger partial charge in [0, 0.05) is 18.6 Å². The van der Waals surface area contributed by atoms with E-state index in [0.29, 0.717) is 0 Å². The van der Waals surface area contributed by atoms with Gasteiger partial charge in [0.25, 0.3) is 0 Å². The standard InChI is InChI=1S/C59H107NO4Si/c1-14-16-17-18-19-20-21-22-23-24-25-26-27-28-31-42-56(64-65(12,13)61-48-33-30-29-32-47-60(11)46-15-2)62-57-52(7)53(8)58-55(54(57)9)43-45-59(10,63-58)44-36-41-51(6)40-35-39-50(5)38-34-37-49(3)4/h2,22-23,49-51,56H,14,16-21,24-48H2,1,3-13H3/b23-22-. The van der Waals surface area contributed by atoms with Crippen LogP contribution in [0.2, 0.25) is 13.1 Å². The van der Waals surface area contributed by atoms with Crippen LogP contribution >= 0.6 is 0 Å². The Hall–Kier alpha value is -1.78. The van der Waals surface area contributed by atoms with E-state index in [9.17, 15) is 0 Å². The second-order valence-electron chi connectivity index (χ2n) is 22.1. The Morgan fingerprint density at radius 3 is 1.91 bits per heavy atom. The molecular formula is C59H107NO4Si. The number of allylic oxidation sites excluding steroid dienone is 2. The molecule has 6 heteroatoms. The van der Waals surface area contributed by atoms with E-state index in [1.807, 2.05) is 0 Å². The van der Waals surface area contributed by atoms with Gasteiger partial charge < -0.3 is 18.3 Å². The molecular weight excluding hydrogens is 815 g/mol. The normalized spacial score (nSPS) is 16.8. The van der Waals surface area contributed by atoms with Gasteiger partial charge in [0.15, 0.2) is 6.29 Å². The topological polar surface area (TPSA) is 40.2 Å². The van der Waals surface area contributed by atoms with Crippen LogP contribution in [0.15, 0.2) is 12.2 Å². The van der Waals surface area contributed by atoms with E-state index in [4.69, 9.17) is 24.7 Å².